The van der Waals surface area contributed by atoms with Crippen molar-refractivity contribution in [3.05, 3.63) is 89.5 Å². The molecule has 0 radical (unpaired) electrons. The quantitative estimate of drug-likeness (QED) is 0.227. The van der Waals surface area contributed by atoms with Crippen LogP contribution in [0.5, 0.6) is 5.75 Å². The van der Waals surface area contributed by atoms with Crippen molar-refractivity contribution in [3.63, 3.8) is 0 Å². The standard InChI is InChI=1S/C35H40N4O3/c1-6-7-8-9-22-42-30-20-14-27(15-21-30)33(31-25(4)36-38(34(31)40)28-16-10-23(2)11-17-28)32-26(5)37-39(35(32)41)29-18-12-24(3)13-19-29/h10-21,31-33H,6-9,22H2,1-5H3. The third kappa shape index (κ3) is 6.01. The van der Waals surface area contributed by atoms with Gasteiger partial charge in [0.15, 0.2) is 0 Å². The number of carbonyl (C=O) groups is 2. The highest BCUT2D eigenvalue weighted by Gasteiger charge is 2.50. The second-order valence-corrected chi connectivity index (χ2v) is 11.4. The van der Waals surface area contributed by atoms with Gasteiger partial charge in [0.25, 0.3) is 11.8 Å². The van der Waals surface area contributed by atoms with Gasteiger partial charge in [0.05, 0.1) is 29.8 Å². The van der Waals surface area contributed by atoms with E-state index in [0.29, 0.717) is 29.4 Å². The lowest BCUT2D eigenvalue weighted by molar-refractivity contribution is -0.122. The van der Waals surface area contributed by atoms with Crippen LogP contribution in [0.2, 0.25) is 0 Å². The Morgan fingerprint density at radius 2 is 1.14 bits per heavy atom. The molecular formula is C35H40N4O3. The van der Waals surface area contributed by atoms with Gasteiger partial charge >= 0.3 is 0 Å². The van der Waals surface area contributed by atoms with E-state index < -0.39 is 17.8 Å². The van der Waals surface area contributed by atoms with Crippen molar-refractivity contribution in [1.82, 2.24) is 0 Å². The van der Waals surface area contributed by atoms with Crippen LogP contribution in [0.4, 0.5) is 11.4 Å². The highest BCUT2D eigenvalue weighted by Crippen LogP contribution is 2.43. The Hall–Kier alpha value is -4.26. The number of benzene rings is 3. The summed E-state index contributed by atoms with van der Waals surface area (Å²) in [5.41, 5.74) is 5.86. The second-order valence-electron chi connectivity index (χ2n) is 11.4. The largest absolute Gasteiger partial charge is 0.494 e. The predicted octanol–water partition coefficient (Wildman–Crippen LogP) is 7.42. The molecule has 218 valence electrons. The number of nitrogens with zero attached hydrogens (tertiary/aromatic N) is 4. The number of aryl methyl sites for hydroxylation is 2. The van der Waals surface area contributed by atoms with Gasteiger partial charge in [-0.3, -0.25) is 9.59 Å². The normalized spacial score (nSPS) is 19.3. The molecule has 0 saturated heterocycles. The average molecular weight is 565 g/mol. The molecule has 2 aliphatic heterocycles. The summed E-state index contributed by atoms with van der Waals surface area (Å²) in [6.45, 7) is 10.6. The fraction of sp³-hybridized carbons (Fsp3) is 0.371. The van der Waals surface area contributed by atoms with E-state index in [1.807, 2.05) is 100 Å². The Morgan fingerprint density at radius 1 is 0.667 bits per heavy atom. The molecule has 0 saturated carbocycles. The van der Waals surface area contributed by atoms with E-state index in [2.05, 4.69) is 6.92 Å². The summed E-state index contributed by atoms with van der Waals surface area (Å²) in [5.74, 6) is -1.24. The first-order valence-corrected chi connectivity index (χ1v) is 14.9. The van der Waals surface area contributed by atoms with Crippen LogP contribution < -0.4 is 14.8 Å². The van der Waals surface area contributed by atoms with E-state index >= 15 is 0 Å². The van der Waals surface area contributed by atoms with Crippen molar-refractivity contribution in [2.24, 2.45) is 22.0 Å². The second kappa shape index (κ2) is 12.7. The van der Waals surface area contributed by atoms with Crippen molar-refractivity contribution in [2.45, 2.75) is 66.2 Å². The summed E-state index contributed by atoms with van der Waals surface area (Å²) >= 11 is 0. The maximum Gasteiger partial charge on any atom is 0.256 e. The van der Waals surface area contributed by atoms with Gasteiger partial charge in [0.2, 0.25) is 0 Å². The monoisotopic (exact) mass is 564 g/mol. The maximum absolute atomic E-state index is 14.1. The zero-order chi connectivity index (χ0) is 29.8. The molecular weight excluding hydrogens is 524 g/mol. The zero-order valence-corrected chi connectivity index (χ0v) is 25.2. The first-order chi connectivity index (χ1) is 20.3. The third-order valence-electron chi connectivity index (χ3n) is 8.17. The van der Waals surface area contributed by atoms with Crippen LogP contribution in [-0.4, -0.2) is 29.8 Å². The van der Waals surface area contributed by atoms with Crippen LogP contribution in [0.25, 0.3) is 0 Å². The Kier molecular flexibility index (Phi) is 8.86. The first kappa shape index (κ1) is 29.2. The van der Waals surface area contributed by atoms with E-state index in [4.69, 9.17) is 14.9 Å². The minimum absolute atomic E-state index is 0.146. The first-order valence-electron chi connectivity index (χ1n) is 14.9. The number of rotatable bonds is 11. The molecule has 0 spiro atoms. The maximum atomic E-state index is 14.1. The molecule has 3 aromatic rings. The molecule has 5 rings (SSSR count). The molecule has 2 amide bonds. The van der Waals surface area contributed by atoms with E-state index in [9.17, 15) is 9.59 Å². The lowest BCUT2D eigenvalue weighted by Crippen LogP contribution is -2.40. The van der Waals surface area contributed by atoms with Gasteiger partial charge in [-0.1, -0.05) is 73.7 Å². The molecule has 7 heteroatoms. The van der Waals surface area contributed by atoms with Gasteiger partial charge in [0.1, 0.15) is 5.75 Å². The molecule has 2 heterocycles. The molecule has 0 aliphatic carbocycles. The molecule has 2 unspecified atom stereocenters. The fourth-order valence-electron chi connectivity index (χ4n) is 5.81. The molecule has 0 aromatic heterocycles. The number of hydrogen-bond acceptors (Lipinski definition) is 5. The van der Waals surface area contributed by atoms with Gasteiger partial charge in [-0.05, 0) is 76.1 Å². The molecule has 0 N–H and O–H groups in total. The lowest BCUT2D eigenvalue weighted by atomic mass is 9.73. The molecule has 7 nitrogen and oxygen atoms in total. The summed E-state index contributed by atoms with van der Waals surface area (Å²) in [7, 11) is 0. The van der Waals surface area contributed by atoms with Gasteiger partial charge < -0.3 is 4.74 Å². The summed E-state index contributed by atoms with van der Waals surface area (Å²) in [4.78, 5) is 28.2. The third-order valence-corrected chi connectivity index (χ3v) is 8.17. The topological polar surface area (TPSA) is 74.6 Å². The molecule has 2 atom stereocenters. The van der Waals surface area contributed by atoms with Crippen LogP contribution in [0.3, 0.4) is 0 Å². The van der Waals surface area contributed by atoms with Crippen LogP contribution in [0.1, 0.15) is 69.1 Å². The molecule has 0 bridgehead atoms. The van der Waals surface area contributed by atoms with Crippen LogP contribution in [-0.2, 0) is 9.59 Å². The Balaban J connectivity index is 1.47. The molecule has 2 aliphatic rings. The number of hydrazone groups is 2. The minimum Gasteiger partial charge on any atom is -0.494 e. The number of amides is 2. The Bertz CT molecular complexity index is 1390. The summed E-state index contributed by atoms with van der Waals surface area (Å²) < 4.78 is 5.99. The summed E-state index contributed by atoms with van der Waals surface area (Å²) in [5, 5.41) is 12.4. The van der Waals surface area contributed by atoms with Gasteiger partial charge in [-0.2, -0.15) is 10.2 Å². The number of ether oxygens (including phenoxy) is 1. The zero-order valence-electron chi connectivity index (χ0n) is 25.2. The molecule has 0 fully saturated rings. The fourth-order valence-corrected chi connectivity index (χ4v) is 5.81. The van der Waals surface area contributed by atoms with Crippen LogP contribution >= 0.6 is 0 Å². The number of hydrogen-bond donors (Lipinski definition) is 0. The smallest absolute Gasteiger partial charge is 0.256 e. The van der Waals surface area contributed by atoms with Crippen molar-refractivity contribution >= 4 is 34.6 Å². The average Bonchev–Trinajstić information content (AvgIpc) is 3.44. The van der Waals surface area contributed by atoms with Crippen LogP contribution in [0, 0.1) is 25.7 Å². The van der Waals surface area contributed by atoms with Crippen molar-refractivity contribution in [3.8, 4) is 5.75 Å². The van der Waals surface area contributed by atoms with Gasteiger partial charge in [-0.25, -0.2) is 10.0 Å². The minimum atomic E-state index is -0.621. The number of anilines is 2. The molecule has 3 aromatic carbocycles. The highest BCUT2D eigenvalue weighted by atomic mass is 16.5. The Morgan fingerprint density at radius 3 is 1.60 bits per heavy atom. The van der Waals surface area contributed by atoms with E-state index in [0.717, 1.165) is 35.3 Å². The Labute approximate surface area is 248 Å². The lowest BCUT2D eigenvalue weighted by Gasteiger charge is -2.29. The van der Waals surface area contributed by atoms with E-state index in [-0.39, 0.29) is 11.8 Å². The van der Waals surface area contributed by atoms with Gasteiger partial charge in [-0.15, -0.1) is 0 Å². The summed E-state index contributed by atoms with van der Waals surface area (Å²) in [6, 6.07) is 23.3. The van der Waals surface area contributed by atoms with Gasteiger partial charge in [0, 0.05) is 17.3 Å². The summed E-state index contributed by atoms with van der Waals surface area (Å²) in [6.07, 6.45) is 4.55. The van der Waals surface area contributed by atoms with Crippen LogP contribution in [0.15, 0.2) is 83.0 Å². The number of unbranched alkanes of at least 4 members (excludes halogenated alkanes) is 3. The van der Waals surface area contributed by atoms with Crippen molar-refractivity contribution in [2.75, 3.05) is 16.6 Å². The SMILES string of the molecule is CCCCCCOc1ccc(C(C2C(=O)N(c3ccc(C)cc3)N=C2C)C2C(=O)N(c3ccc(C)cc3)N=C2C)cc1. The molecule has 42 heavy (non-hydrogen) atoms. The highest BCUT2D eigenvalue weighted by molar-refractivity contribution is 6.19. The predicted molar refractivity (Wildman–Crippen MR) is 169 cm³/mol. The van der Waals surface area contributed by atoms with Crippen molar-refractivity contribution < 1.29 is 14.3 Å². The van der Waals surface area contributed by atoms with E-state index in [1.54, 1.807) is 0 Å². The number of carbonyl (C=O) groups excluding carboxylic acids is 2. The van der Waals surface area contributed by atoms with E-state index in [1.165, 1.54) is 22.9 Å². The van der Waals surface area contributed by atoms with Crippen molar-refractivity contribution in [1.29, 1.82) is 0 Å².